The first-order valence-corrected chi connectivity index (χ1v) is 6.35. The Balaban J connectivity index is 1.75. The van der Waals surface area contributed by atoms with Crippen molar-refractivity contribution in [3.8, 4) is 0 Å². The van der Waals surface area contributed by atoms with Crippen LogP contribution in [0.25, 0.3) is 0 Å². The molecule has 88 valence electrons. The van der Waals surface area contributed by atoms with E-state index in [9.17, 15) is 9.59 Å². The number of likely N-dealkylation sites (tertiary alicyclic amines) is 1. The second kappa shape index (κ2) is 3.84. The molecule has 4 heteroatoms. The summed E-state index contributed by atoms with van der Waals surface area (Å²) < 4.78 is 0. The SMILES string of the molecule is O=C1CCN(C2CCN3CCCCC23)C1=O. The third kappa shape index (κ3) is 1.47. The summed E-state index contributed by atoms with van der Waals surface area (Å²) in [5.74, 6) is -0.410. The molecule has 3 fully saturated rings. The molecule has 3 rings (SSSR count). The van der Waals surface area contributed by atoms with Gasteiger partial charge >= 0.3 is 0 Å². The highest BCUT2D eigenvalue weighted by atomic mass is 16.2. The molecule has 0 spiro atoms. The van der Waals surface area contributed by atoms with Gasteiger partial charge in [0.1, 0.15) is 0 Å². The molecule has 0 radical (unpaired) electrons. The quantitative estimate of drug-likeness (QED) is 0.604. The van der Waals surface area contributed by atoms with Gasteiger partial charge in [0.05, 0.1) is 0 Å². The predicted octanol–water partition coefficient (Wildman–Crippen LogP) is 0.415. The molecule has 2 unspecified atom stereocenters. The maximum absolute atomic E-state index is 11.7. The van der Waals surface area contributed by atoms with E-state index in [0.29, 0.717) is 25.0 Å². The number of hydrogen-bond donors (Lipinski definition) is 0. The molecule has 1 amide bonds. The van der Waals surface area contributed by atoms with Crippen molar-refractivity contribution in [2.75, 3.05) is 19.6 Å². The second-order valence-electron chi connectivity index (χ2n) is 5.13. The van der Waals surface area contributed by atoms with Crippen molar-refractivity contribution < 1.29 is 9.59 Å². The lowest BCUT2D eigenvalue weighted by atomic mass is 9.98. The Morgan fingerprint density at radius 1 is 0.938 bits per heavy atom. The number of Topliss-reactive ketones (excluding diaryl/α,β-unsaturated/α-hetero) is 1. The number of piperidine rings is 1. The highest BCUT2D eigenvalue weighted by molar-refractivity contribution is 6.37. The van der Waals surface area contributed by atoms with Crippen molar-refractivity contribution in [3.63, 3.8) is 0 Å². The standard InChI is InChI=1S/C12H18N2O2/c15-11-5-8-14(12(11)16)10-4-7-13-6-2-1-3-9(10)13/h9-10H,1-8H2. The molecular formula is C12H18N2O2. The normalized spacial score (nSPS) is 35.9. The Hall–Kier alpha value is -0.900. The van der Waals surface area contributed by atoms with E-state index in [1.807, 2.05) is 4.90 Å². The van der Waals surface area contributed by atoms with Crippen LogP contribution in [0.15, 0.2) is 0 Å². The van der Waals surface area contributed by atoms with E-state index in [4.69, 9.17) is 0 Å². The van der Waals surface area contributed by atoms with E-state index in [2.05, 4.69) is 4.90 Å². The van der Waals surface area contributed by atoms with Gasteiger partial charge in [0.15, 0.2) is 0 Å². The average Bonchev–Trinajstić information content (AvgIpc) is 2.85. The van der Waals surface area contributed by atoms with Crippen LogP contribution in [-0.4, -0.2) is 53.2 Å². The number of nitrogens with zero attached hydrogens (tertiary/aromatic N) is 2. The highest BCUT2D eigenvalue weighted by Crippen LogP contribution is 2.31. The molecule has 0 N–H and O–H groups in total. The largest absolute Gasteiger partial charge is 0.331 e. The van der Waals surface area contributed by atoms with Gasteiger partial charge in [-0.25, -0.2) is 0 Å². The minimum absolute atomic E-state index is 0.186. The number of amides is 1. The molecule has 0 aliphatic carbocycles. The van der Waals surface area contributed by atoms with Crippen LogP contribution in [0.3, 0.4) is 0 Å². The molecule has 2 atom stereocenters. The molecule has 3 aliphatic rings. The molecule has 0 bridgehead atoms. The first-order chi connectivity index (χ1) is 7.77. The number of fused-ring (bicyclic) bond motifs is 1. The van der Waals surface area contributed by atoms with E-state index in [-0.39, 0.29) is 11.7 Å². The molecule has 3 heterocycles. The Labute approximate surface area is 95.6 Å². The maximum Gasteiger partial charge on any atom is 0.290 e. The van der Waals surface area contributed by atoms with E-state index in [1.165, 1.54) is 25.8 Å². The highest BCUT2D eigenvalue weighted by Gasteiger charge is 2.43. The van der Waals surface area contributed by atoms with Crippen molar-refractivity contribution >= 4 is 11.7 Å². The molecular weight excluding hydrogens is 204 g/mol. The van der Waals surface area contributed by atoms with E-state index in [1.54, 1.807) is 0 Å². The van der Waals surface area contributed by atoms with Gasteiger partial charge in [0.2, 0.25) is 5.78 Å². The molecule has 3 aliphatic heterocycles. The van der Waals surface area contributed by atoms with Crippen molar-refractivity contribution in [1.82, 2.24) is 9.80 Å². The summed E-state index contributed by atoms with van der Waals surface area (Å²) in [5.41, 5.74) is 0. The van der Waals surface area contributed by atoms with Crippen molar-refractivity contribution in [2.24, 2.45) is 0 Å². The summed E-state index contributed by atoms with van der Waals surface area (Å²) in [7, 11) is 0. The molecule has 0 aromatic carbocycles. The Kier molecular flexibility index (Phi) is 2.46. The molecule has 16 heavy (non-hydrogen) atoms. The first kappa shape index (κ1) is 10.3. The summed E-state index contributed by atoms with van der Waals surface area (Å²) in [4.78, 5) is 27.4. The second-order valence-corrected chi connectivity index (χ2v) is 5.13. The number of hydrogen-bond acceptors (Lipinski definition) is 3. The topological polar surface area (TPSA) is 40.6 Å². The predicted molar refractivity (Wildman–Crippen MR) is 59.0 cm³/mol. The van der Waals surface area contributed by atoms with Gasteiger partial charge in [-0.2, -0.15) is 0 Å². The Morgan fingerprint density at radius 3 is 2.56 bits per heavy atom. The molecule has 0 aromatic rings. The summed E-state index contributed by atoms with van der Waals surface area (Å²) in [6, 6.07) is 0.850. The average molecular weight is 222 g/mol. The Morgan fingerprint density at radius 2 is 1.81 bits per heavy atom. The van der Waals surface area contributed by atoms with Gasteiger partial charge in [-0.3, -0.25) is 14.5 Å². The molecule has 4 nitrogen and oxygen atoms in total. The van der Waals surface area contributed by atoms with Gasteiger partial charge < -0.3 is 4.90 Å². The summed E-state index contributed by atoms with van der Waals surface area (Å²) in [5, 5.41) is 0. The van der Waals surface area contributed by atoms with E-state index < -0.39 is 0 Å². The van der Waals surface area contributed by atoms with Crippen LogP contribution in [-0.2, 0) is 9.59 Å². The van der Waals surface area contributed by atoms with Gasteiger partial charge in [-0.1, -0.05) is 6.42 Å². The molecule has 0 aromatic heterocycles. The number of rotatable bonds is 1. The van der Waals surface area contributed by atoms with E-state index >= 15 is 0 Å². The van der Waals surface area contributed by atoms with Gasteiger partial charge in [-0.15, -0.1) is 0 Å². The van der Waals surface area contributed by atoms with E-state index in [0.717, 1.165) is 13.0 Å². The zero-order chi connectivity index (χ0) is 11.1. The smallest absolute Gasteiger partial charge is 0.290 e. The van der Waals surface area contributed by atoms with Crippen LogP contribution < -0.4 is 0 Å². The Bertz CT molecular complexity index is 329. The summed E-state index contributed by atoms with van der Waals surface area (Å²) in [6.45, 7) is 2.94. The monoisotopic (exact) mass is 222 g/mol. The van der Waals surface area contributed by atoms with Crippen molar-refractivity contribution in [1.29, 1.82) is 0 Å². The number of ketones is 1. The fourth-order valence-corrected chi connectivity index (χ4v) is 3.49. The fraction of sp³-hybridized carbons (Fsp3) is 0.833. The summed E-state index contributed by atoms with van der Waals surface area (Å²) in [6.07, 6.45) is 5.25. The van der Waals surface area contributed by atoms with Gasteiger partial charge in [-0.05, 0) is 25.8 Å². The number of carbonyl (C=O) groups is 2. The van der Waals surface area contributed by atoms with Crippen molar-refractivity contribution in [2.45, 2.75) is 44.2 Å². The lowest BCUT2D eigenvalue weighted by molar-refractivity contribution is -0.141. The van der Waals surface area contributed by atoms with Crippen LogP contribution in [0.4, 0.5) is 0 Å². The minimum Gasteiger partial charge on any atom is -0.331 e. The number of carbonyl (C=O) groups excluding carboxylic acids is 2. The molecule has 3 saturated heterocycles. The minimum atomic E-state index is -0.225. The maximum atomic E-state index is 11.7. The molecule has 0 saturated carbocycles. The van der Waals surface area contributed by atoms with Crippen LogP contribution in [0.1, 0.15) is 32.1 Å². The van der Waals surface area contributed by atoms with Gasteiger partial charge in [0, 0.05) is 31.6 Å². The van der Waals surface area contributed by atoms with Crippen LogP contribution in [0.2, 0.25) is 0 Å². The summed E-state index contributed by atoms with van der Waals surface area (Å²) >= 11 is 0. The van der Waals surface area contributed by atoms with Crippen LogP contribution in [0.5, 0.6) is 0 Å². The lowest BCUT2D eigenvalue weighted by Crippen LogP contribution is -2.48. The van der Waals surface area contributed by atoms with Gasteiger partial charge in [0.25, 0.3) is 5.91 Å². The van der Waals surface area contributed by atoms with Crippen molar-refractivity contribution in [3.05, 3.63) is 0 Å². The third-order valence-electron chi connectivity index (χ3n) is 4.30. The lowest BCUT2D eigenvalue weighted by Gasteiger charge is -2.35. The third-order valence-corrected chi connectivity index (χ3v) is 4.30. The fourth-order valence-electron chi connectivity index (χ4n) is 3.49. The zero-order valence-corrected chi connectivity index (χ0v) is 9.52. The first-order valence-electron chi connectivity index (χ1n) is 6.35. The van der Waals surface area contributed by atoms with Crippen LogP contribution in [0, 0.1) is 0 Å². The zero-order valence-electron chi connectivity index (χ0n) is 9.52. The van der Waals surface area contributed by atoms with Crippen LogP contribution >= 0.6 is 0 Å².